The minimum absolute atomic E-state index is 0.315. The zero-order valence-corrected chi connectivity index (χ0v) is 7.77. The molecule has 1 heteroatoms. The molecule has 0 aromatic rings. The average Bonchev–Trinajstić information content (AvgIpc) is 2.15. The van der Waals surface area contributed by atoms with Gasteiger partial charge in [0.15, 0.2) is 0 Å². The molecule has 0 aromatic carbocycles. The van der Waals surface area contributed by atoms with Crippen molar-refractivity contribution in [2.24, 2.45) is 5.92 Å². The van der Waals surface area contributed by atoms with Gasteiger partial charge in [0.2, 0.25) is 0 Å². The zero-order valence-electron chi connectivity index (χ0n) is 7.77. The fourth-order valence-corrected chi connectivity index (χ4v) is 1.92. The lowest BCUT2D eigenvalue weighted by molar-refractivity contribution is 0.0203. The van der Waals surface area contributed by atoms with E-state index in [0.29, 0.717) is 0 Å². The molecule has 0 bridgehead atoms. The molecule has 0 aromatic heterocycles. The summed E-state index contributed by atoms with van der Waals surface area (Å²) in [7, 11) is 0. The van der Waals surface area contributed by atoms with Gasteiger partial charge in [0.1, 0.15) is 0 Å². The molecule has 1 rings (SSSR count). The lowest BCUT2D eigenvalue weighted by Crippen LogP contribution is -2.26. The molecule has 2 atom stereocenters. The summed E-state index contributed by atoms with van der Waals surface area (Å²) in [5, 5.41) is 9.98. The highest BCUT2D eigenvalue weighted by Crippen LogP contribution is 2.31. The van der Waals surface area contributed by atoms with Crippen LogP contribution in [0.25, 0.3) is 0 Å². The molecule has 1 nitrogen and oxygen atoms in total. The summed E-state index contributed by atoms with van der Waals surface area (Å²) in [6, 6.07) is 0. The van der Waals surface area contributed by atoms with E-state index < -0.39 is 0 Å². The van der Waals surface area contributed by atoms with Crippen LogP contribution in [0.2, 0.25) is 0 Å². The zero-order chi connectivity index (χ0) is 8.32. The van der Waals surface area contributed by atoms with Crippen LogP contribution in [0.5, 0.6) is 0 Å². The average molecular weight is 156 g/mol. The van der Waals surface area contributed by atoms with Crippen LogP contribution in [0.1, 0.15) is 52.4 Å². The second-order valence-corrected chi connectivity index (χ2v) is 4.11. The first-order valence-electron chi connectivity index (χ1n) is 4.89. The molecule has 2 unspecified atom stereocenters. The van der Waals surface area contributed by atoms with Crippen molar-refractivity contribution in [3.05, 3.63) is 0 Å². The Labute approximate surface area is 69.8 Å². The van der Waals surface area contributed by atoms with Crippen molar-refractivity contribution < 1.29 is 5.11 Å². The highest BCUT2D eigenvalue weighted by atomic mass is 16.3. The third kappa shape index (κ3) is 2.48. The lowest BCUT2D eigenvalue weighted by atomic mass is 9.91. The Balaban J connectivity index is 2.45. The van der Waals surface area contributed by atoms with Gasteiger partial charge in [-0.15, -0.1) is 0 Å². The molecule has 0 saturated heterocycles. The monoisotopic (exact) mass is 156 g/mol. The number of aliphatic hydroxyl groups is 1. The minimum Gasteiger partial charge on any atom is -0.390 e. The van der Waals surface area contributed by atoms with Gasteiger partial charge in [-0.05, 0) is 31.6 Å². The van der Waals surface area contributed by atoms with Crippen LogP contribution < -0.4 is 0 Å². The summed E-state index contributed by atoms with van der Waals surface area (Å²) in [5.41, 5.74) is -0.315. The molecule has 1 saturated carbocycles. The van der Waals surface area contributed by atoms with Gasteiger partial charge >= 0.3 is 0 Å². The second kappa shape index (κ2) is 3.57. The van der Waals surface area contributed by atoms with Gasteiger partial charge in [0.25, 0.3) is 0 Å². The van der Waals surface area contributed by atoms with Crippen molar-refractivity contribution in [2.45, 2.75) is 58.0 Å². The van der Waals surface area contributed by atoms with Crippen LogP contribution in [-0.4, -0.2) is 10.7 Å². The highest BCUT2D eigenvalue weighted by Gasteiger charge is 2.27. The van der Waals surface area contributed by atoms with Gasteiger partial charge in [-0.25, -0.2) is 0 Å². The van der Waals surface area contributed by atoms with E-state index in [2.05, 4.69) is 13.8 Å². The molecule has 1 N–H and O–H groups in total. The van der Waals surface area contributed by atoms with E-state index in [1.165, 1.54) is 19.3 Å². The van der Waals surface area contributed by atoms with Crippen LogP contribution in [0, 0.1) is 5.92 Å². The Morgan fingerprint density at radius 3 is 2.73 bits per heavy atom. The molecule has 1 aliphatic carbocycles. The van der Waals surface area contributed by atoms with Gasteiger partial charge < -0.3 is 5.11 Å². The third-order valence-corrected chi connectivity index (χ3v) is 3.10. The molecule has 0 heterocycles. The molecule has 11 heavy (non-hydrogen) atoms. The van der Waals surface area contributed by atoms with E-state index in [0.717, 1.165) is 25.2 Å². The Hall–Kier alpha value is -0.0400. The van der Waals surface area contributed by atoms with Crippen molar-refractivity contribution >= 4 is 0 Å². The summed E-state index contributed by atoms with van der Waals surface area (Å²) in [4.78, 5) is 0. The van der Waals surface area contributed by atoms with Gasteiger partial charge in [0, 0.05) is 0 Å². The van der Waals surface area contributed by atoms with E-state index in [1.807, 2.05) is 0 Å². The topological polar surface area (TPSA) is 20.2 Å². The van der Waals surface area contributed by atoms with E-state index in [4.69, 9.17) is 0 Å². The maximum atomic E-state index is 9.98. The maximum absolute atomic E-state index is 9.98. The summed E-state index contributed by atoms with van der Waals surface area (Å²) < 4.78 is 0. The maximum Gasteiger partial charge on any atom is 0.0645 e. The van der Waals surface area contributed by atoms with Gasteiger partial charge in [-0.3, -0.25) is 0 Å². The van der Waals surface area contributed by atoms with Crippen LogP contribution >= 0.6 is 0 Å². The summed E-state index contributed by atoms with van der Waals surface area (Å²) in [6.07, 6.45) is 6.70. The van der Waals surface area contributed by atoms with Crippen molar-refractivity contribution in [1.82, 2.24) is 0 Å². The SMILES string of the molecule is CCC1(O)CCCC(C)CC1. The van der Waals surface area contributed by atoms with Crippen molar-refractivity contribution in [3.63, 3.8) is 0 Å². The Kier molecular flexibility index (Phi) is 2.94. The quantitative estimate of drug-likeness (QED) is 0.579. The van der Waals surface area contributed by atoms with E-state index in [-0.39, 0.29) is 5.60 Å². The van der Waals surface area contributed by atoms with Crippen LogP contribution in [-0.2, 0) is 0 Å². The second-order valence-electron chi connectivity index (χ2n) is 4.11. The Morgan fingerprint density at radius 1 is 1.36 bits per heavy atom. The number of hydrogen-bond acceptors (Lipinski definition) is 1. The summed E-state index contributed by atoms with van der Waals surface area (Å²) in [5.74, 6) is 0.829. The lowest BCUT2D eigenvalue weighted by Gasteiger charge is -2.24. The normalized spacial score (nSPS) is 40.1. The first kappa shape index (κ1) is 9.05. The van der Waals surface area contributed by atoms with Crippen LogP contribution in [0.4, 0.5) is 0 Å². The highest BCUT2D eigenvalue weighted by molar-refractivity contribution is 4.80. The minimum atomic E-state index is -0.315. The van der Waals surface area contributed by atoms with Gasteiger partial charge in [-0.2, -0.15) is 0 Å². The molecular formula is C10H20O. The van der Waals surface area contributed by atoms with Crippen LogP contribution in [0.15, 0.2) is 0 Å². The van der Waals surface area contributed by atoms with E-state index in [9.17, 15) is 5.11 Å². The molecule has 0 spiro atoms. The van der Waals surface area contributed by atoms with Crippen LogP contribution in [0.3, 0.4) is 0 Å². The molecule has 0 radical (unpaired) electrons. The summed E-state index contributed by atoms with van der Waals surface area (Å²) in [6.45, 7) is 4.39. The Bertz CT molecular complexity index is 122. The van der Waals surface area contributed by atoms with Crippen molar-refractivity contribution in [1.29, 1.82) is 0 Å². The molecule has 1 fully saturated rings. The van der Waals surface area contributed by atoms with E-state index in [1.54, 1.807) is 0 Å². The standard InChI is InChI=1S/C10H20O/c1-3-10(11)7-4-5-9(2)6-8-10/h9,11H,3-8H2,1-2H3. The van der Waals surface area contributed by atoms with E-state index >= 15 is 0 Å². The molecule has 1 aliphatic rings. The third-order valence-electron chi connectivity index (χ3n) is 3.10. The molecule has 0 amide bonds. The number of hydrogen-bond donors (Lipinski definition) is 1. The van der Waals surface area contributed by atoms with Gasteiger partial charge in [-0.1, -0.05) is 26.7 Å². The smallest absolute Gasteiger partial charge is 0.0645 e. The fraction of sp³-hybridized carbons (Fsp3) is 1.00. The Morgan fingerprint density at radius 2 is 2.09 bits per heavy atom. The summed E-state index contributed by atoms with van der Waals surface area (Å²) >= 11 is 0. The predicted molar refractivity (Wildman–Crippen MR) is 47.5 cm³/mol. The van der Waals surface area contributed by atoms with Crippen molar-refractivity contribution in [3.8, 4) is 0 Å². The first-order chi connectivity index (χ1) is 5.16. The predicted octanol–water partition coefficient (Wildman–Crippen LogP) is 2.73. The molecule has 66 valence electrons. The largest absolute Gasteiger partial charge is 0.390 e. The molecule has 0 aliphatic heterocycles. The number of rotatable bonds is 1. The molecular weight excluding hydrogens is 136 g/mol. The first-order valence-corrected chi connectivity index (χ1v) is 4.89. The fourth-order valence-electron chi connectivity index (χ4n) is 1.92. The van der Waals surface area contributed by atoms with Crippen molar-refractivity contribution in [2.75, 3.05) is 0 Å². The van der Waals surface area contributed by atoms with Gasteiger partial charge in [0.05, 0.1) is 5.60 Å².